The number of rotatable bonds is 3. The minimum Gasteiger partial charge on any atom is -0.469 e. The molecule has 0 spiro atoms. The molecule has 1 amide bonds. The van der Waals surface area contributed by atoms with Gasteiger partial charge in [0.1, 0.15) is 5.76 Å². The zero-order chi connectivity index (χ0) is 14.7. The summed E-state index contributed by atoms with van der Waals surface area (Å²) in [7, 11) is 0. The van der Waals surface area contributed by atoms with Gasteiger partial charge in [-0.25, -0.2) is 4.79 Å². The number of nitrogens with zero attached hydrogens (tertiary/aromatic N) is 1. The van der Waals surface area contributed by atoms with Gasteiger partial charge in [-0.15, -0.1) is 0 Å². The fourth-order valence-electron chi connectivity index (χ4n) is 3.39. The van der Waals surface area contributed by atoms with Gasteiger partial charge in [0.15, 0.2) is 0 Å². The lowest BCUT2D eigenvalue weighted by molar-refractivity contribution is 0.0939. The lowest BCUT2D eigenvalue weighted by atomic mass is 9.92. The number of nitrogens with one attached hydrogen (secondary N) is 1. The molecule has 1 aliphatic carbocycles. The van der Waals surface area contributed by atoms with E-state index in [-0.39, 0.29) is 6.09 Å². The predicted octanol–water partition coefficient (Wildman–Crippen LogP) is 2.87. The van der Waals surface area contributed by atoms with Crippen LogP contribution in [0.15, 0.2) is 16.7 Å². The number of hydrogen-bond donors (Lipinski definition) is 1. The van der Waals surface area contributed by atoms with Gasteiger partial charge >= 0.3 is 6.09 Å². The van der Waals surface area contributed by atoms with Gasteiger partial charge in [-0.05, 0) is 38.7 Å². The summed E-state index contributed by atoms with van der Waals surface area (Å²) in [5.74, 6) is 1.14. The Hall–Kier alpha value is -1.49. The number of carbonyl (C=O) groups excluding carboxylic acids is 1. The largest absolute Gasteiger partial charge is 0.469 e. The van der Waals surface area contributed by atoms with E-state index in [0.29, 0.717) is 18.7 Å². The molecule has 1 unspecified atom stereocenters. The maximum absolute atomic E-state index is 11.7. The van der Waals surface area contributed by atoms with E-state index in [0.717, 1.165) is 38.1 Å². The average Bonchev–Trinajstić information content (AvgIpc) is 2.98. The summed E-state index contributed by atoms with van der Waals surface area (Å²) < 4.78 is 10.6. The van der Waals surface area contributed by atoms with Crippen LogP contribution in [0.1, 0.15) is 50.0 Å². The number of hydrogen-bond acceptors (Lipinski definition) is 4. The monoisotopic (exact) mass is 292 g/mol. The molecular weight excluding hydrogens is 268 g/mol. The number of piperidine rings is 1. The van der Waals surface area contributed by atoms with E-state index in [2.05, 4.69) is 11.4 Å². The smallest absolute Gasteiger partial charge is 0.409 e. The minimum absolute atomic E-state index is 0.175. The molecule has 0 saturated carbocycles. The Balaban J connectivity index is 1.51. The molecule has 1 fully saturated rings. The van der Waals surface area contributed by atoms with Crippen LogP contribution in [0.2, 0.25) is 0 Å². The molecule has 1 atom stereocenters. The van der Waals surface area contributed by atoms with Crippen LogP contribution in [0.5, 0.6) is 0 Å². The van der Waals surface area contributed by atoms with Crippen molar-refractivity contribution in [1.82, 2.24) is 10.2 Å². The quantitative estimate of drug-likeness (QED) is 0.930. The van der Waals surface area contributed by atoms with E-state index in [4.69, 9.17) is 9.15 Å². The molecule has 0 aromatic carbocycles. The molecule has 5 nitrogen and oxygen atoms in total. The third kappa shape index (κ3) is 3.23. The van der Waals surface area contributed by atoms with Crippen molar-refractivity contribution in [3.05, 3.63) is 23.7 Å². The molecule has 2 heterocycles. The summed E-state index contributed by atoms with van der Waals surface area (Å²) in [5, 5.41) is 3.75. The van der Waals surface area contributed by atoms with Crippen LogP contribution < -0.4 is 5.32 Å². The number of furan rings is 1. The van der Waals surface area contributed by atoms with Crippen molar-refractivity contribution in [3.63, 3.8) is 0 Å². The summed E-state index contributed by atoms with van der Waals surface area (Å²) in [5.41, 5.74) is 1.33. The van der Waals surface area contributed by atoms with Crippen molar-refractivity contribution >= 4 is 6.09 Å². The Morgan fingerprint density at radius 1 is 1.43 bits per heavy atom. The molecule has 1 saturated heterocycles. The summed E-state index contributed by atoms with van der Waals surface area (Å²) in [6, 6.07) is 2.98. The molecule has 2 aliphatic rings. The summed E-state index contributed by atoms with van der Waals surface area (Å²) >= 11 is 0. The Morgan fingerprint density at radius 3 is 3.00 bits per heavy atom. The molecule has 1 N–H and O–H groups in total. The Labute approximate surface area is 125 Å². The van der Waals surface area contributed by atoms with Crippen LogP contribution in [0.4, 0.5) is 4.79 Å². The van der Waals surface area contributed by atoms with E-state index in [9.17, 15) is 4.79 Å². The Bertz CT molecular complexity index is 478. The van der Waals surface area contributed by atoms with Crippen LogP contribution >= 0.6 is 0 Å². The first kappa shape index (κ1) is 14.4. The standard InChI is InChI=1S/C16H24N2O3/c1-2-20-16(19)18-9-6-12(7-10-18)17-14-4-3-5-15-13(14)8-11-21-15/h8,11-12,14,17H,2-7,9-10H2,1H3. The predicted molar refractivity (Wildman–Crippen MR) is 79.1 cm³/mol. The number of amides is 1. The van der Waals surface area contributed by atoms with Crippen molar-refractivity contribution in [2.75, 3.05) is 19.7 Å². The average molecular weight is 292 g/mol. The maximum atomic E-state index is 11.7. The van der Waals surface area contributed by atoms with Crippen molar-refractivity contribution < 1.29 is 13.9 Å². The van der Waals surface area contributed by atoms with Crippen molar-refractivity contribution in [2.45, 2.75) is 51.1 Å². The molecule has 1 aromatic rings. The number of carbonyl (C=O) groups is 1. The highest BCUT2D eigenvalue weighted by Crippen LogP contribution is 2.31. The minimum atomic E-state index is -0.175. The fourth-order valence-corrected chi connectivity index (χ4v) is 3.39. The Kier molecular flexibility index (Phi) is 4.48. The molecule has 3 rings (SSSR count). The first-order valence-electron chi connectivity index (χ1n) is 8.02. The van der Waals surface area contributed by atoms with E-state index in [1.165, 1.54) is 18.4 Å². The van der Waals surface area contributed by atoms with E-state index in [1.807, 2.05) is 11.8 Å². The van der Waals surface area contributed by atoms with Gasteiger partial charge in [0, 0.05) is 37.2 Å². The molecule has 0 bridgehead atoms. The molecule has 116 valence electrons. The van der Waals surface area contributed by atoms with Gasteiger partial charge in [0.25, 0.3) is 0 Å². The molecule has 5 heteroatoms. The van der Waals surface area contributed by atoms with Gasteiger partial charge < -0.3 is 19.4 Å². The maximum Gasteiger partial charge on any atom is 0.409 e. The van der Waals surface area contributed by atoms with Gasteiger partial charge in [-0.3, -0.25) is 0 Å². The lowest BCUT2D eigenvalue weighted by Crippen LogP contribution is -2.46. The van der Waals surface area contributed by atoms with Crippen molar-refractivity contribution in [2.24, 2.45) is 0 Å². The first-order chi connectivity index (χ1) is 10.3. The number of ether oxygens (including phenoxy) is 1. The zero-order valence-corrected chi connectivity index (χ0v) is 12.6. The summed E-state index contributed by atoms with van der Waals surface area (Å²) in [6.07, 6.45) is 7.01. The highest BCUT2D eigenvalue weighted by atomic mass is 16.6. The van der Waals surface area contributed by atoms with Gasteiger partial charge in [0.2, 0.25) is 0 Å². The highest BCUT2D eigenvalue weighted by Gasteiger charge is 2.28. The van der Waals surface area contributed by atoms with Gasteiger partial charge in [-0.2, -0.15) is 0 Å². The molecule has 1 aromatic heterocycles. The summed E-state index contributed by atoms with van der Waals surface area (Å²) in [4.78, 5) is 13.5. The van der Waals surface area contributed by atoms with Crippen LogP contribution in [-0.2, 0) is 11.2 Å². The SMILES string of the molecule is CCOC(=O)N1CCC(NC2CCCc3occc32)CC1. The lowest BCUT2D eigenvalue weighted by Gasteiger charge is -2.34. The van der Waals surface area contributed by atoms with E-state index < -0.39 is 0 Å². The van der Waals surface area contributed by atoms with Gasteiger partial charge in [0.05, 0.1) is 12.9 Å². The third-order valence-corrected chi connectivity index (χ3v) is 4.51. The second-order valence-electron chi connectivity index (χ2n) is 5.87. The van der Waals surface area contributed by atoms with Crippen LogP contribution in [0.25, 0.3) is 0 Å². The molecular formula is C16H24N2O3. The highest BCUT2D eigenvalue weighted by molar-refractivity contribution is 5.67. The number of fused-ring (bicyclic) bond motifs is 1. The second kappa shape index (κ2) is 6.52. The first-order valence-corrected chi connectivity index (χ1v) is 8.02. The van der Waals surface area contributed by atoms with Crippen molar-refractivity contribution in [3.8, 4) is 0 Å². The van der Waals surface area contributed by atoms with E-state index >= 15 is 0 Å². The van der Waals surface area contributed by atoms with Gasteiger partial charge in [-0.1, -0.05) is 0 Å². The fraction of sp³-hybridized carbons (Fsp3) is 0.688. The second-order valence-corrected chi connectivity index (χ2v) is 5.87. The van der Waals surface area contributed by atoms with Crippen LogP contribution in [0, 0.1) is 0 Å². The number of likely N-dealkylation sites (tertiary alicyclic amines) is 1. The van der Waals surface area contributed by atoms with Crippen LogP contribution in [0.3, 0.4) is 0 Å². The third-order valence-electron chi connectivity index (χ3n) is 4.51. The molecule has 0 radical (unpaired) electrons. The van der Waals surface area contributed by atoms with Crippen LogP contribution in [-0.4, -0.2) is 36.7 Å². The molecule has 21 heavy (non-hydrogen) atoms. The number of aryl methyl sites for hydroxylation is 1. The van der Waals surface area contributed by atoms with Crippen molar-refractivity contribution in [1.29, 1.82) is 0 Å². The topological polar surface area (TPSA) is 54.7 Å². The summed E-state index contributed by atoms with van der Waals surface area (Å²) in [6.45, 7) is 3.85. The zero-order valence-electron chi connectivity index (χ0n) is 12.6. The normalized spacial score (nSPS) is 22.9. The Morgan fingerprint density at radius 2 is 2.24 bits per heavy atom. The molecule has 1 aliphatic heterocycles. The van der Waals surface area contributed by atoms with E-state index in [1.54, 1.807) is 6.26 Å².